The monoisotopic (exact) mass is 373 g/mol. The molecule has 7 heteroatoms. The molecule has 1 heterocycles. The molecule has 0 radical (unpaired) electrons. The summed E-state index contributed by atoms with van der Waals surface area (Å²) in [5, 5.41) is 5.30. The van der Waals surface area contributed by atoms with Crippen LogP contribution in [0.25, 0.3) is 0 Å². The molecule has 26 heavy (non-hydrogen) atoms. The lowest BCUT2D eigenvalue weighted by atomic mass is 9.95. The lowest BCUT2D eigenvalue weighted by Gasteiger charge is -2.18. The largest absolute Gasteiger partial charge is 0.336 e. The number of hydrogen-bond donors (Lipinski definition) is 2. The number of carbonyl (C=O) groups is 1. The van der Waals surface area contributed by atoms with Gasteiger partial charge in [0.25, 0.3) is 5.91 Å². The molecule has 1 fully saturated rings. The molecule has 1 amide bonds. The van der Waals surface area contributed by atoms with E-state index >= 15 is 0 Å². The van der Waals surface area contributed by atoms with Crippen molar-refractivity contribution in [1.29, 1.82) is 0 Å². The van der Waals surface area contributed by atoms with Crippen molar-refractivity contribution in [3.63, 3.8) is 0 Å². The van der Waals surface area contributed by atoms with Crippen LogP contribution >= 0.6 is 0 Å². The molecule has 0 aliphatic carbocycles. The number of rotatable bonds is 3. The second-order valence-electron chi connectivity index (χ2n) is 6.85. The molecular formula is C19H23N3O3S. The highest BCUT2D eigenvalue weighted by atomic mass is 32.2. The summed E-state index contributed by atoms with van der Waals surface area (Å²) in [6.07, 6.45) is 0. The van der Waals surface area contributed by atoms with E-state index in [9.17, 15) is 13.2 Å². The second-order valence-corrected chi connectivity index (χ2v) is 8.38. The molecule has 0 spiro atoms. The summed E-state index contributed by atoms with van der Waals surface area (Å²) in [5.41, 5.74) is 8.95. The van der Waals surface area contributed by atoms with Gasteiger partial charge >= 0.3 is 0 Å². The fourth-order valence-electron chi connectivity index (χ4n) is 3.48. The SMILES string of the molecule is Cc1cc(C(=O)N2C[C@@H](N)[C@H](c3ccccc3)C2)cc(S(N)(=O)=O)c1C. The average molecular weight is 373 g/mol. The van der Waals surface area contributed by atoms with E-state index in [1.807, 2.05) is 30.3 Å². The second kappa shape index (κ2) is 6.83. The number of nitrogens with zero attached hydrogens (tertiary/aromatic N) is 1. The molecule has 0 bridgehead atoms. The van der Waals surface area contributed by atoms with Crippen LogP contribution in [0.2, 0.25) is 0 Å². The highest BCUT2D eigenvalue weighted by Crippen LogP contribution is 2.28. The Kier molecular flexibility index (Phi) is 4.88. The molecule has 2 aromatic carbocycles. The Morgan fingerprint density at radius 2 is 1.77 bits per heavy atom. The van der Waals surface area contributed by atoms with Crippen LogP contribution in [0.1, 0.15) is 33.0 Å². The molecule has 1 aliphatic rings. The van der Waals surface area contributed by atoms with Crippen molar-refractivity contribution in [3.8, 4) is 0 Å². The van der Waals surface area contributed by atoms with Crippen molar-refractivity contribution in [2.45, 2.75) is 30.7 Å². The number of amides is 1. The summed E-state index contributed by atoms with van der Waals surface area (Å²) >= 11 is 0. The smallest absolute Gasteiger partial charge is 0.253 e. The van der Waals surface area contributed by atoms with E-state index in [-0.39, 0.29) is 22.8 Å². The molecule has 1 aliphatic heterocycles. The van der Waals surface area contributed by atoms with Crippen molar-refractivity contribution in [3.05, 3.63) is 64.7 Å². The molecular weight excluding hydrogens is 350 g/mol. The van der Waals surface area contributed by atoms with Gasteiger partial charge in [-0.2, -0.15) is 0 Å². The van der Waals surface area contributed by atoms with Crippen LogP contribution in [-0.2, 0) is 10.0 Å². The van der Waals surface area contributed by atoms with Crippen molar-refractivity contribution >= 4 is 15.9 Å². The number of aryl methyl sites for hydroxylation is 1. The molecule has 0 saturated carbocycles. The third-order valence-electron chi connectivity index (χ3n) is 5.05. The molecule has 2 aromatic rings. The van der Waals surface area contributed by atoms with Crippen molar-refractivity contribution in [2.75, 3.05) is 13.1 Å². The van der Waals surface area contributed by atoms with Gasteiger partial charge in [-0.15, -0.1) is 0 Å². The van der Waals surface area contributed by atoms with Gasteiger partial charge in [0.15, 0.2) is 0 Å². The Bertz CT molecular complexity index is 942. The van der Waals surface area contributed by atoms with Crippen molar-refractivity contribution < 1.29 is 13.2 Å². The first kappa shape index (κ1) is 18.6. The highest BCUT2D eigenvalue weighted by Gasteiger charge is 2.34. The zero-order chi connectivity index (χ0) is 19.1. The van der Waals surface area contributed by atoms with Gasteiger partial charge < -0.3 is 10.6 Å². The molecule has 1 saturated heterocycles. The molecule has 0 aromatic heterocycles. The minimum absolute atomic E-state index is 0.0102. The Morgan fingerprint density at radius 1 is 1.12 bits per heavy atom. The molecule has 138 valence electrons. The van der Waals surface area contributed by atoms with Crippen molar-refractivity contribution in [2.24, 2.45) is 10.9 Å². The number of hydrogen-bond acceptors (Lipinski definition) is 4. The minimum atomic E-state index is -3.90. The summed E-state index contributed by atoms with van der Waals surface area (Å²) in [6, 6.07) is 12.8. The van der Waals surface area contributed by atoms with Crippen LogP contribution in [0.3, 0.4) is 0 Å². The third kappa shape index (κ3) is 3.51. The normalized spacial score (nSPS) is 20.4. The summed E-state index contributed by atoms with van der Waals surface area (Å²) in [5.74, 6) is -0.170. The number of carbonyl (C=O) groups excluding carboxylic acids is 1. The fraction of sp³-hybridized carbons (Fsp3) is 0.316. The highest BCUT2D eigenvalue weighted by molar-refractivity contribution is 7.89. The molecule has 0 unspecified atom stereocenters. The first-order valence-electron chi connectivity index (χ1n) is 8.42. The van der Waals surface area contributed by atoms with Crippen LogP contribution in [0.4, 0.5) is 0 Å². The first-order chi connectivity index (χ1) is 12.2. The Balaban J connectivity index is 1.90. The predicted molar refractivity (Wildman–Crippen MR) is 100 cm³/mol. The quantitative estimate of drug-likeness (QED) is 0.850. The Hall–Kier alpha value is -2.22. The summed E-state index contributed by atoms with van der Waals surface area (Å²) in [6.45, 7) is 4.38. The van der Waals surface area contributed by atoms with Crippen LogP contribution in [0.15, 0.2) is 47.4 Å². The van der Waals surface area contributed by atoms with E-state index in [2.05, 4.69) is 0 Å². The van der Waals surface area contributed by atoms with Crippen LogP contribution in [-0.4, -0.2) is 38.4 Å². The lowest BCUT2D eigenvalue weighted by Crippen LogP contribution is -2.32. The number of benzene rings is 2. The maximum absolute atomic E-state index is 12.9. The zero-order valence-corrected chi connectivity index (χ0v) is 15.7. The summed E-state index contributed by atoms with van der Waals surface area (Å²) in [4.78, 5) is 14.6. The number of primary sulfonamides is 1. The molecule has 2 atom stereocenters. The van der Waals surface area contributed by atoms with Gasteiger partial charge in [-0.05, 0) is 42.7 Å². The first-order valence-corrected chi connectivity index (χ1v) is 9.97. The van der Waals surface area contributed by atoms with Crippen LogP contribution in [0.5, 0.6) is 0 Å². The minimum Gasteiger partial charge on any atom is -0.336 e. The van der Waals surface area contributed by atoms with Crippen LogP contribution < -0.4 is 10.9 Å². The van der Waals surface area contributed by atoms with Gasteiger partial charge in [-0.3, -0.25) is 4.79 Å². The van der Waals surface area contributed by atoms with E-state index in [4.69, 9.17) is 10.9 Å². The van der Waals surface area contributed by atoms with Gasteiger partial charge in [0.1, 0.15) is 0 Å². The number of sulfonamides is 1. The molecule has 3 rings (SSSR count). The topological polar surface area (TPSA) is 106 Å². The maximum atomic E-state index is 12.9. The zero-order valence-electron chi connectivity index (χ0n) is 14.8. The predicted octanol–water partition coefficient (Wildman–Crippen LogP) is 1.52. The van der Waals surface area contributed by atoms with E-state index < -0.39 is 10.0 Å². The standard InChI is InChI=1S/C19H23N3O3S/c1-12-8-15(9-18(13(12)2)26(21,24)25)19(23)22-10-16(17(20)11-22)14-6-4-3-5-7-14/h3-9,16-17H,10-11,20H2,1-2H3,(H2,21,24,25)/t16-,17+/m0/s1. The lowest BCUT2D eigenvalue weighted by molar-refractivity contribution is 0.0789. The van der Waals surface area contributed by atoms with Gasteiger partial charge in [-0.1, -0.05) is 30.3 Å². The summed E-state index contributed by atoms with van der Waals surface area (Å²) < 4.78 is 23.6. The Labute approximate surface area is 153 Å². The van der Waals surface area contributed by atoms with E-state index in [0.717, 1.165) is 5.56 Å². The summed E-state index contributed by atoms with van der Waals surface area (Å²) in [7, 11) is -3.90. The van der Waals surface area contributed by atoms with Gasteiger partial charge in [0.2, 0.25) is 10.0 Å². The maximum Gasteiger partial charge on any atom is 0.253 e. The number of likely N-dealkylation sites (tertiary alicyclic amines) is 1. The molecule has 4 N–H and O–H groups in total. The van der Waals surface area contributed by atoms with Gasteiger partial charge in [0, 0.05) is 30.6 Å². The fourth-order valence-corrected chi connectivity index (χ4v) is 4.36. The number of nitrogens with two attached hydrogens (primary N) is 2. The van der Waals surface area contributed by atoms with E-state index in [0.29, 0.717) is 29.8 Å². The van der Waals surface area contributed by atoms with Gasteiger partial charge in [-0.25, -0.2) is 13.6 Å². The van der Waals surface area contributed by atoms with E-state index in [1.54, 1.807) is 24.8 Å². The Morgan fingerprint density at radius 3 is 2.38 bits per heavy atom. The third-order valence-corrected chi connectivity index (χ3v) is 6.09. The van der Waals surface area contributed by atoms with Crippen molar-refractivity contribution in [1.82, 2.24) is 4.90 Å². The van der Waals surface area contributed by atoms with Gasteiger partial charge in [0.05, 0.1) is 4.90 Å². The average Bonchev–Trinajstić information content (AvgIpc) is 2.98. The van der Waals surface area contributed by atoms with E-state index in [1.165, 1.54) is 6.07 Å². The molecule has 6 nitrogen and oxygen atoms in total. The van der Waals surface area contributed by atoms with Crippen LogP contribution in [0, 0.1) is 13.8 Å².